The summed E-state index contributed by atoms with van der Waals surface area (Å²) in [6, 6.07) is 11.1. The van der Waals surface area contributed by atoms with Crippen molar-refractivity contribution in [2.45, 2.75) is 31.3 Å². The summed E-state index contributed by atoms with van der Waals surface area (Å²) in [5.41, 5.74) is 3.09. The zero-order valence-electron chi connectivity index (χ0n) is 16.0. The zero-order valence-corrected chi connectivity index (χ0v) is 16.8. The summed E-state index contributed by atoms with van der Waals surface area (Å²) in [6.07, 6.45) is -0.382. The van der Waals surface area contributed by atoms with E-state index in [9.17, 15) is 14.7 Å². The molecular formula is C21H24N2O4S. The molecule has 3 rings (SSSR count). The minimum Gasteiger partial charge on any atom is -0.490 e. The zero-order chi connectivity index (χ0) is 20.1. The van der Waals surface area contributed by atoms with E-state index in [4.69, 9.17) is 4.74 Å². The fourth-order valence-electron chi connectivity index (χ4n) is 2.94. The van der Waals surface area contributed by atoms with E-state index in [0.29, 0.717) is 17.7 Å². The lowest BCUT2D eigenvalue weighted by Crippen LogP contribution is -2.35. The molecule has 0 aliphatic carbocycles. The number of hydrogen-bond donors (Lipinski definition) is 3. The molecule has 148 valence electrons. The summed E-state index contributed by atoms with van der Waals surface area (Å²) < 4.78 is 5.72. The Kier molecular flexibility index (Phi) is 6.59. The van der Waals surface area contributed by atoms with Crippen molar-refractivity contribution < 1.29 is 19.4 Å². The molecule has 2 amide bonds. The Labute approximate surface area is 168 Å². The van der Waals surface area contributed by atoms with Crippen LogP contribution in [0.5, 0.6) is 5.75 Å². The van der Waals surface area contributed by atoms with Gasteiger partial charge in [0.05, 0.1) is 5.69 Å². The minimum absolute atomic E-state index is 0.0529. The Hall–Kier alpha value is -2.51. The first kappa shape index (κ1) is 20.2. The lowest BCUT2D eigenvalue weighted by molar-refractivity contribution is -0.115. The smallest absolute Gasteiger partial charge is 0.251 e. The molecule has 1 unspecified atom stereocenters. The summed E-state index contributed by atoms with van der Waals surface area (Å²) in [6.45, 7) is 4.06. The molecule has 3 N–H and O–H groups in total. The maximum Gasteiger partial charge on any atom is 0.251 e. The molecule has 0 aromatic heterocycles. The summed E-state index contributed by atoms with van der Waals surface area (Å²) in [5, 5.41) is 15.7. The lowest BCUT2D eigenvalue weighted by atomic mass is 10.1. The Morgan fingerprint density at radius 3 is 2.79 bits per heavy atom. The number of para-hydroxylation sites is 1. The van der Waals surface area contributed by atoms with E-state index in [0.717, 1.165) is 27.5 Å². The monoisotopic (exact) mass is 400 g/mol. The average molecular weight is 401 g/mol. The number of carbonyl (C=O) groups excluding carboxylic acids is 2. The van der Waals surface area contributed by atoms with E-state index in [-0.39, 0.29) is 25.0 Å². The van der Waals surface area contributed by atoms with E-state index in [1.54, 1.807) is 23.9 Å². The molecule has 2 aromatic rings. The number of hydrogen-bond acceptors (Lipinski definition) is 5. The van der Waals surface area contributed by atoms with Crippen LogP contribution in [0, 0.1) is 13.8 Å². The van der Waals surface area contributed by atoms with E-state index < -0.39 is 6.10 Å². The Bertz CT molecular complexity index is 864. The second kappa shape index (κ2) is 9.12. The SMILES string of the molecule is Cc1cccc(C)c1OCC(O)CNC(=O)c1ccc2c(c1)NC(=O)CCS2. The number of aliphatic hydroxyl groups excluding tert-OH is 1. The number of fused-ring (bicyclic) bond motifs is 1. The van der Waals surface area contributed by atoms with Crippen LogP contribution in [0.25, 0.3) is 0 Å². The fraction of sp³-hybridized carbons (Fsp3) is 0.333. The van der Waals surface area contributed by atoms with Gasteiger partial charge in [0.15, 0.2) is 0 Å². The van der Waals surface area contributed by atoms with Crippen LogP contribution < -0.4 is 15.4 Å². The van der Waals surface area contributed by atoms with Crippen LogP contribution in [0.1, 0.15) is 27.9 Å². The van der Waals surface area contributed by atoms with Gasteiger partial charge in [0.25, 0.3) is 5.91 Å². The van der Waals surface area contributed by atoms with Crippen molar-refractivity contribution >= 4 is 29.3 Å². The summed E-state index contributed by atoms with van der Waals surface area (Å²) in [7, 11) is 0. The highest BCUT2D eigenvalue weighted by Gasteiger charge is 2.16. The van der Waals surface area contributed by atoms with Crippen molar-refractivity contribution in [3.05, 3.63) is 53.1 Å². The predicted octanol–water partition coefficient (Wildman–Crippen LogP) is 2.91. The van der Waals surface area contributed by atoms with Gasteiger partial charge in [-0.2, -0.15) is 0 Å². The summed E-state index contributed by atoms with van der Waals surface area (Å²) >= 11 is 1.59. The molecule has 1 aliphatic rings. The highest BCUT2D eigenvalue weighted by atomic mass is 32.2. The number of carbonyl (C=O) groups is 2. The van der Waals surface area contributed by atoms with Gasteiger partial charge >= 0.3 is 0 Å². The third-order valence-corrected chi connectivity index (χ3v) is 5.50. The second-order valence-electron chi connectivity index (χ2n) is 6.75. The van der Waals surface area contributed by atoms with Crippen molar-refractivity contribution in [2.75, 3.05) is 24.2 Å². The van der Waals surface area contributed by atoms with Crippen LogP contribution in [0.4, 0.5) is 5.69 Å². The number of nitrogens with one attached hydrogen (secondary N) is 2. The third kappa shape index (κ3) is 5.05. The molecule has 1 aliphatic heterocycles. The van der Waals surface area contributed by atoms with Crippen LogP contribution >= 0.6 is 11.8 Å². The van der Waals surface area contributed by atoms with E-state index in [1.807, 2.05) is 38.1 Å². The number of aliphatic hydroxyl groups is 1. The normalized spacial score (nSPS) is 14.5. The maximum atomic E-state index is 12.4. The molecule has 28 heavy (non-hydrogen) atoms. The summed E-state index contributed by atoms with van der Waals surface area (Å²) in [5.74, 6) is 1.11. The maximum absolute atomic E-state index is 12.4. The average Bonchev–Trinajstić information content (AvgIpc) is 2.85. The standard InChI is InChI=1S/C21H24N2O4S/c1-13-4-3-5-14(2)20(13)27-12-16(24)11-22-21(26)15-6-7-18-17(10-15)23-19(25)8-9-28-18/h3-7,10,16,24H,8-9,11-12H2,1-2H3,(H,22,26)(H,23,25). The van der Waals surface area contributed by atoms with Gasteiger partial charge in [0.2, 0.25) is 5.91 Å². The van der Waals surface area contributed by atoms with Crippen LogP contribution in [0.3, 0.4) is 0 Å². The molecule has 6 nitrogen and oxygen atoms in total. The second-order valence-corrected chi connectivity index (χ2v) is 7.89. The summed E-state index contributed by atoms with van der Waals surface area (Å²) in [4.78, 5) is 25.1. The van der Waals surface area contributed by atoms with Crippen molar-refractivity contribution in [3.8, 4) is 5.75 Å². The van der Waals surface area contributed by atoms with Crippen LogP contribution in [0.15, 0.2) is 41.3 Å². The number of rotatable bonds is 6. The van der Waals surface area contributed by atoms with Gasteiger partial charge in [-0.1, -0.05) is 18.2 Å². The predicted molar refractivity (Wildman–Crippen MR) is 110 cm³/mol. The molecule has 0 saturated heterocycles. The van der Waals surface area contributed by atoms with Crippen molar-refractivity contribution in [1.29, 1.82) is 0 Å². The number of thioether (sulfide) groups is 1. The van der Waals surface area contributed by atoms with Crippen molar-refractivity contribution in [1.82, 2.24) is 5.32 Å². The molecular weight excluding hydrogens is 376 g/mol. The van der Waals surface area contributed by atoms with Gasteiger partial charge in [0.1, 0.15) is 18.5 Å². The van der Waals surface area contributed by atoms with Gasteiger partial charge in [0, 0.05) is 29.2 Å². The van der Waals surface area contributed by atoms with Gasteiger partial charge in [-0.05, 0) is 43.2 Å². The molecule has 0 radical (unpaired) electrons. The molecule has 2 aromatic carbocycles. The van der Waals surface area contributed by atoms with Crippen LogP contribution in [0.2, 0.25) is 0 Å². The topological polar surface area (TPSA) is 87.7 Å². The fourth-order valence-corrected chi connectivity index (χ4v) is 3.88. The van der Waals surface area contributed by atoms with E-state index >= 15 is 0 Å². The molecule has 0 saturated carbocycles. The minimum atomic E-state index is -0.834. The number of anilines is 1. The number of aryl methyl sites for hydroxylation is 2. The largest absolute Gasteiger partial charge is 0.490 e. The molecule has 0 bridgehead atoms. The number of ether oxygens (including phenoxy) is 1. The number of benzene rings is 2. The third-order valence-electron chi connectivity index (χ3n) is 4.43. The first-order valence-electron chi connectivity index (χ1n) is 9.16. The molecule has 1 heterocycles. The Balaban J connectivity index is 1.54. The Morgan fingerprint density at radius 2 is 2.04 bits per heavy atom. The van der Waals surface area contributed by atoms with E-state index in [2.05, 4.69) is 10.6 Å². The van der Waals surface area contributed by atoms with Crippen molar-refractivity contribution in [2.24, 2.45) is 0 Å². The molecule has 1 atom stereocenters. The molecule has 0 fully saturated rings. The van der Waals surface area contributed by atoms with Crippen LogP contribution in [-0.4, -0.2) is 41.9 Å². The van der Waals surface area contributed by atoms with E-state index in [1.165, 1.54) is 0 Å². The van der Waals surface area contributed by atoms with Crippen molar-refractivity contribution in [3.63, 3.8) is 0 Å². The van der Waals surface area contributed by atoms with Gasteiger partial charge in [-0.3, -0.25) is 9.59 Å². The Morgan fingerprint density at radius 1 is 1.29 bits per heavy atom. The first-order valence-corrected chi connectivity index (χ1v) is 10.1. The molecule has 7 heteroatoms. The van der Waals surface area contributed by atoms with Gasteiger partial charge < -0.3 is 20.5 Å². The van der Waals surface area contributed by atoms with Gasteiger partial charge in [-0.25, -0.2) is 0 Å². The quantitative estimate of drug-likeness (QED) is 0.694. The number of amides is 2. The highest BCUT2D eigenvalue weighted by Crippen LogP contribution is 2.31. The lowest BCUT2D eigenvalue weighted by Gasteiger charge is -2.16. The highest BCUT2D eigenvalue weighted by molar-refractivity contribution is 7.99. The first-order chi connectivity index (χ1) is 13.4. The van der Waals surface area contributed by atoms with Gasteiger partial charge in [-0.15, -0.1) is 11.8 Å². The van der Waals surface area contributed by atoms with Crippen LogP contribution in [-0.2, 0) is 4.79 Å². The molecule has 0 spiro atoms.